The van der Waals surface area contributed by atoms with E-state index in [1.54, 1.807) is 29.2 Å². The molecule has 0 atom stereocenters. The number of carbonyl (C=O) groups is 2. The molecule has 28 heavy (non-hydrogen) atoms. The zero-order chi connectivity index (χ0) is 19.5. The standard InChI is InChI=1S/C20H16FN3O4/c21-15-8-6-13(7-9-15)19-22-17(28-23-19)12-27-20(26)14-3-1-4-16(11-14)24-10-2-5-18(24)25/h1,3-4,6-9,11H,2,5,10,12H2. The lowest BCUT2D eigenvalue weighted by Gasteiger charge is -2.16. The Kier molecular flexibility index (Phi) is 4.84. The van der Waals surface area contributed by atoms with Gasteiger partial charge in [0.05, 0.1) is 5.56 Å². The van der Waals surface area contributed by atoms with E-state index in [1.165, 1.54) is 24.3 Å². The normalized spacial score (nSPS) is 13.8. The van der Waals surface area contributed by atoms with Crippen molar-refractivity contribution >= 4 is 17.6 Å². The van der Waals surface area contributed by atoms with E-state index < -0.39 is 5.97 Å². The Morgan fingerprint density at radius 1 is 1.21 bits per heavy atom. The summed E-state index contributed by atoms with van der Waals surface area (Å²) >= 11 is 0. The number of benzene rings is 2. The van der Waals surface area contributed by atoms with Crippen molar-refractivity contribution in [2.75, 3.05) is 11.4 Å². The molecule has 0 saturated carbocycles. The number of halogens is 1. The fourth-order valence-corrected chi connectivity index (χ4v) is 2.96. The van der Waals surface area contributed by atoms with E-state index in [0.717, 1.165) is 6.42 Å². The first-order valence-electron chi connectivity index (χ1n) is 8.76. The van der Waals surface area contributed by atoms with Gasteiger partial charge in [-0.05, 0) is 48.9 Å². The summed E-state index contributed by atoms with van der Waals surface area (Å²) in [5, 5.41) is 3.80. The summed E-state index contributed by atoms with van der Waals surface area (Å²) in [5.74, 6) is -0.474. The zero-order valence-corrected chi connectivity index (χ0v) is 14.8. The maximum atomic E-state index is 13.0. The molecule has 1 aliphatic heterocycles. The number of nitrogens with zero attached hydrogens (tertiary/aromatic N) is 3. The first kappa shape index (κ1) is 17.8. The fourth-order valence-electron chi connectivity index (χ4n) is 2.96. The van der Waals surface area contributed by atoms with Gasteiger partial charge < -0.3 is 14.2 Å². The minimum atomic E-state index is -0.560. The maximum absolute atomic E-state index is 13.0. The van der Waals surface area contributed by atoms with Crippen LogP contribution in [0.5, 0.6) is 0 Å². The molecule has 1 aromatic heterocycles. The van der Waals surface area contributed by atoms with Crippen molar-refractivity contribution < 1.29 is 23.2 Å². The van der Waals surface area contributed by atoms with Crippen LogP contribution in [0.4, 0.5) is 10.1 Å². The van der Waals surface area contributed by atoms with Gasteiger partial charge in [-0.15, -0.1) is 0 Å². The minimum Gasteiger partial charge on any atom is -0.452 e. The third kappa shape index (κ3) is 3.75. The van der Waals surface area contributed by atoms with Gasteiger partial charge in [0.1, 0.15) is 5.82 Å². The highest BCUT2D eigenvalue weighted by Crippen LogP contribution is 2.23. The van der Waals surface area contributed by atoms with Gasteiger partial charge in [0, 0.05) is 24.2 Å². The molecule has 0 N–H and O–H groups in total. The second kappa shape index (κ2) is 7.59. The van der Waals surface area contributed by atoms with Gasteiger partial charge in [0.15, 0.2) is 6.61 Å². The minimum absolute atomic E-state index is 0.0460. The van der Waals surface area contributed by atoms with Crippen molar-refractivity contribution in [2.45, 2.75) is 19.4 Å². The molecule has 0 radical (unpaired) electrons. The number of rotatable bonds is 5. The molecule has 7 nitrogen and oxygen atoms in total. The van der Waals surface area contributed by atoms with Crippen LogP contribution < -0.4 is 4.90 Å². The van der Waals surface area contributed by atoms with Gasteiger partial charge in [-0.1, -0.05) is 11.2 Å². The average Bonchev–Trinajstić information content (AvgIpc) is 3.36. The predicted octanol–water partition coefficient (Wildman–Crippen LogP) is 3.36. The molecule has 0 bridgehead atoms. The lowest BCUT2D eigenvalue weighted by atomic mass is 10.2. The number of ether oxygens (including phenoxy) is 1. The number of amides is 1. The highest BCUT2D eigenvalue weighted by Gasteiger charge is 2.22. The van der Waals surface area contributed by atoms with Crippen molar-refractivity contribution in [3.8, 4) is 11.4 Å². The van der Waals surface area contributed by atoms with Crippen LogP contribution >= 0.6 is 0 Å². The summed E-state index contributed by atoms with van der Waals surface area (Å²) < 4.78 is 23.3. The van der Waals surface area contributed by atoms with Crippen molar-refractivity contribution in [3.63, 3.8) is 0 Å². The van der Waals surface area contributed by atoms with Crippen molar-refractivity contribution in [3.05, 3.63) is 65.8 Å². The average molecular weight is 381 g/mol. The Morgan fingerprint density at radius 3 is 2.79 bits per heavy atom. The molecule has 2 heterocycles. The number of carbonyl (C=O) groups excluding carboxylic acids is 2. The van der Waals surface area contributed by atoms with Crippen molar-refractivity contribution in [1.82, 2.24) is 10.1 Å². The van der Waals surface area contributed by atoms with Crippen LogP contribution in [-0.4, -0.2) is 28.6 Å². The molecule has 3 aromatic rings. The van der Waals surface area contributed by atoms with Crippen LogP contribution in [0.3, 0.4) is 0 Å². The third-order valence-corrected chi connectivity index (χ3v) is 4.36. The van der Waals surface area contributed by atoms with E-state index in [-0.39, 0.29) is 30.0 Å². The Morgan fingerprint density at radius 2 is 2.04 bits per heavy atom. The molecular formula is C20H16FN3O4. The van der Waals surface area contributed by atoms with Crippen LogP contribution in [0.15, 0.2) is 53.1 Å². The summed E-state index contributed by atoms with van der Waals surface area (Å²) in [6, 6.07) is 12.4. The summed E-state index contributed by atoms with van der Waals surface area (Å²) in [5.41, 5.74) is 1.59. The maximum Gasteiger partial charge on any atom is 0.338 e. The van der Waals surface area contributed by atoms with E-state index in [1.807, 2.05) is 0 Å². The number of esters is 1. The molecular weight excluding hydrogens is 365 g/mol. The Hall–Kier alpha value is -3.55. The van der Waals surface area contributed by atoms with Crippen LogP contribution in [0.2, 0.25) is 0 Å². The molecule has 142 valence electrons. The van der Waals surface area contributed by atoms with Crippen molar-refractivity contribution in [1.29, 1.82) is 0 Å². The molecule has 1 aliphatic rings. The summed E-state index contributed by atoms with van der Waals surface area (Å²) in [7, 11) is 0. The summed E-state index contributed by atoms with van der Waals surface area (Å²) in [4.78, 5) is 30.0. The van der Waals surface area contributed by atoms with Gasteiger partial charge in [0.2, 0.25) is 11.7 Å². The largest absolute Gasteiger partial charge is 0.452 e. The molecule has 0 aliphatic carbocycles. The number of anilines is 1. The SMILES string of the molecule is O=C(OCc1nc(-c2ccc(F)cc2)no1)c1cccc(N2CCCC2=O)c1. The lowest BCUT2D eigenvalue weighted by Crippen LogP contribution is -2.23. The highest BCUT2D eigenvalue weighted by molar-refractivity contribution is 5.97. The molecule has 2 aromatic carbocycles. The van der Waals surface area contributed by atoms with Gasteiger partial charge in [0.25, 0.3) is 5.89 Å². The van der Waals surface area contributed by atoms with E-state index in [2.05, 4.69) is 10.1 Å². The van der Waals surface area contributed by atoms with E-state index in [4.69, 9.17) is 9.26 Å². The highest BCUT2D eigenvalue weighted by atomic mass is 19.1. The van der Waals surface area contributed by atoms with Crippen LogP contribution in [0, 0.1) is 5.82 Å². The second-order valence-electron chi connectivity index (χ2n) is 6.29. The molecule has 8 heteroatoms. The quantitative estimate of drug-likeness (QED) is 0.630. The smallest absolute Gasteiger partial charge is 0.338 e. The number of hydrogen-bond acceptors (Lipinski definition) is 6. The second-order valence-corrected chi connectivity index (χ2v) is 6.29. The molecule has 1 fully saturated rings. The number of aromatic nitrogens is 2. The van der Waals surface area contributed by atoms with Gasteiger partial charge in [-0.25, -0.2) is 9.18 Å². The first-order valence-corrected chi connectivity index (χ1v) is 8.76. The number of hydrogen-bond donors (Lipinski definition) is 0. The topological polar surface area (TPSA) is 85.5 Å². The Labute approximate surface area is 159 Å². The molecule has 4 rings (SSSR count). The van der Waals surface area contributed by atoms with Crippen LogP contribution in [0.25, 0.3) is 11.4 Å². The van der Waals surface area contributed by atoms with Crippen LogP contribution in [0.1, 0.15) is 29.1 Å². The predicted molar refractivity (Wildman–Crippen MR) is 96.8 cm³/mol. The van der Waals surface area contributed by atoms with Gasteiger partial charge >= 0.3 is 5.97 Å². The molecule has 1 amide bonds. The van der Waals surface area contributed by atoms with Gasteiger partial charge in [-0.3, -0.25) is 4.79 Å². The molecule has 0 spiro atoms. The Bertz CT molecular complexity index is 1020. The zero-order valence-electron chi connectivity index (χ0n) is 14.8. The van der Waals surface area contributed by atoms with Crippen LogP contribution in [-0.2, 0) is 16.1 Å². The lowest BCUT2D eigenvalue weighted by molar-refractivity contribution is -0.117. The summed E-state index contributed by atoms with van der Waals surface area (Å²) in [6.07, 6.45) is 1.32. The van der Waals surface area contributed by atoms with E-state index >= 15 is 0 Å². The monoisotopic (exact) mass is 381 g/mol. The molecule has 0 unspecified atom stereocenters. The van der Waals surface area contributed by atoms with E-state index in [9.17, 15) is 14.0 Å². The summed E-state index contributed by atoms with van der Waals surface area (Å²) in [6.45, 7) is 0.450. The molecule has 1 saturated heterocycles. The third-order valence-electron chi connectivity index (χ3n) is 4.36. The first-order chi connectivity index (χ1) is 13.6. The van der Waals surface area contributed by atoms with Crippen molar-refractivity contribution in [2.24, 2.45) is 0 Å². The van der Waals surface area contributed by atoms with E-state index in [0.29, 0.717) is 29.8 Å². The fraction of sp³-hybridized carbons (Fsp3) is 0.200. The Balaban J connectivity index is 1.41. The van der Waals surface area contributed by atoms with Gasteiger partial charge in [-0.2, -0.15) is 4.98 Å².